The summed E-state index contributed by atoms with van der Waals surface area (Å²) in [6.45, 7) is 6.75. The lowest BCUT2D eigenvalue weighted by Crippen LogP contribution is -2.30. The molecule has 0 heterocycles. The van der Waals surface area contributed by atoms with Gasteiger partial charge in [0.2, 0.25) is 0 Å². The second-order valence-corrected chi connectivity index (χ2v) is 26.3. The Morgan fingerprint density at radius 1 is 0.195 bits per heavy atom. The standard InChI is InChI=1S/C76H148O6/c1-4-7-10-13-16-19-22-25-27-29-31-33-35-36-37-38-39-40-41-42-44-45-47-49-51-54-57-60-63-66-69-75(78)81-72-73(71-80-74(77)68-65-62-59-56-53-24-21-18-15-12-9-6-3)82-76(79)70-67-64-61-58-55-52-50-48-46-43-34-32-30-28-26-23-20-17-14-11-8-5-2/h73H,4-72H2,1-3H3. The molecule has 6 heteroatoms. The molecule has 0 rings (SSSR count). The molecule has 0 aromatic rings. The topological polar surface area (TPSA) is 78.9 Å². The zero-order valence-corrected chi connectivity index (χ0v) is 56.3. The van der Waals surface area contributed by atoms with Gasteiger partial charge in [-0.1, -0.05) is 412 Å². The van der Waals surface area contributed by atoms with E-state index in [1.165, 1.54) is 353 Å². The number of carbonyl (C=O) groups excluding carboxylic acids is 3. The van der Waals surface area contributed by atoms with Crippen LogP contribution in [0.4, 0.5) is 0 Å². The van der Waals surface area contributed by atoms with Gasteiger partial charge in [0.15, 0.2) is 6.10 Å². The highest BCUT2D eigenvalue weighted by molar-refractivity contribution is 5.71. The summed E-state index contributed by atoms with van der Waals surface area (Å²) < 4.78 is 17.0. The van der Waals surface area contributed by atoms with Gasteiger partial charge in [-0.2, -0.15) is 0 Å². The minimum atomic E-state index is -0.763. The first-order valence-corrected chi connectivity index (χ1v) is 38.0. The summed E-state index contributed by atoms with van der Waals surface area (Å²) in [4.78, 5) is 38.4. The molecule has 0 fully saturated rings. The quantitative estimate of drug-likeness (QED) is 0.0343. The summed E-state index contributed by atoms with van der Waals surface area (Å²) in [5.74, 6) is -0.818. The van der Waals surface area contributed by atoms with E-state index in [1.54, 1.807) is 0 Å². The van der Waals surface area contributed by atoms with Gasteiger partial charge in [0.05, 0.1) is 0 Å². The average molecular weight is 1160 g/mol. The van der Waals surface area contributed by atoms with Crippen molar-refractivity contribution in [1.82, 2.24) is 0 Å². The molecule has 0 spiro atoms. The van der Waals surface area contributed by atoms with Gasteiger partial charge in [0.1, 0.15) is 13.2 Å². The summed E-state index contributed by atoms with van der Waals surface area (Å²) in [6.07, 6.45) is 85.9. The van der Waals surface area contributed by atoms with Gasteiger partial charge in [0.25, 0.3) is 0 Å². The fourth-order valence-corrected chi connectivity index (χ4v) is 12.2. The molecule has 488 valence electrons. The lowest BCUT2D eigenvalue weighted by atomic mass is 10.0. The van der Waals surface area contributed by atoms with E-state index < -0.39 is 6.10 Å². The Labute approximate surface area is 514 Å². The molecular weight excluding hydrogens is 1010 g/mol. The minimum Gasteiger partial charge on any atom is -0.462 e. The monoisotopic (exact) mass is 1160 g/mol. The normalized spacial score (nSPS) is 11.9. The molecule has 0 aliphatic carbocycles. The van der Waals surface area contributed by atoms with Gasteiger partial charge >= 0.3 is 17.9 Å². The van der Waals surface area contributed by atoms with Crippen molar-refractivity contribution in [3.05, 3.63) is 0 Å². The number of hydrogen-bond acceptors (Lipinski definition) is 6. The molecular formula is C76H148O6. The van der Waals surface area contributed by atoms with Crippen LogP contribution in [0, 0.1) is 0 Å². The number of rotatable bonds is 72. The third kappa shape index (κ3) is 69.2. The number of carbonyl (C=O) groups is 3. The zero-order chi connectivity index (χ0) is 59.2. The first-order chi connectivity index (χ1) is 40.5. The Kier molecular flexibility index (Phi) is 70.5. The zero-order valence-electron chi connectivity index (χ0n) is 56.3. The largest absolute Gasteiger partial charge is 0.462 e. The Bertz CT molecular complexity index is 1240. The molecule has 0 amide bonds. The number of hydrogen-bond donors (Lipinski definition) is 0. The van der Waals surface area contributed by atoms with E-state index in [0.717, 1.165) is 57.8 Å². The molecule has 0 aliphatic rings. The molecule has 0 radical (unpaired) electrons. The Morgan fingerprint density at radius 3 is 0.488 bits per heavy atom. The van der Waals surface area contributed by atoms with Crippen LogP contribution in [0.2, 0.25) is 0 Å². The molecule has 0 saturated heterocycles. The maximum absolute atomic E-state index is 13.0. The second kappa shape index (κ2) is 71.9. The van der Waals surface area contributed by atoms with Crippen molar-refractivity contribution in [1.29, 1.82) is 0 Å². The Balaban J connectivity index is 4.10. The van der Waals surface area contributed by atoms with Crippen molar-refractivity contribution in [2.24, 2.45) is 0 Å². The SMILES string of the molecule is CCCCCCCCCCCCCCCCCCCCCCCCCCCCCCCCC(=O)OCC(COC(=O)CCCCCCCCCCCCCC)OC(=O)CCCCCCCCCCCCCCCCCCCCCCCC. The summed E-state index contributed by atoms with van der Waals surface area (Å²) in [5, 5.41) is 0. The lowest BCUT2D eigenvalue weighted by molar-refractivity contribution is -0.167. The van der Waals surface area contributed by atoms with E-state index in [9.17, 15) is 14.4 Å². The Hall–Kier alpha value is -1.59. The van der Waals surface area contributed by atoms with Crippen LogP contribution in [0.5, 0.6) is 0 Å². The summed E-state index contributed by atoms with van der Waals surface area (Å²) in [5.41, 5.74) is 0. The molecule has 82 heavy (non-hydrogen) atoms. The smallest absolute Gasteiger partial charge is 0.306 e. The maximum atomic E-state index is 13.0. The Morgan fingerprint density at radius 2 is 0.329 bits per heavy atom. The van der Waals surface area contributed by atoms with Crippen LogP contribution in [0.3, 0.4) is 0 Å². The van der Waals surface area contributed by atoms with Gasteiger partial charge in [-0.3, -0.25) is 14.4 Å². The van der Waals surface area contributed by atoms with Crippen molar-refractivity contribution in [2.75, 3.05) is 13.2 Å². The van der Waals surface area contributed by atoms with Gasteiger partial charge < -0.3 is 14.2 Å². The molecule has 1 atom stereocenters. The van der Waals surface area contributed by atoms with E-state index in [1.807, 2.05) is 0 Å². The van der Waals surface area contributed by atoms with Gasteiger partial charge in [0, 0.05) is 19.3 Å². The highest BCUT2D eigenvalue weighted by Crippen LogP contribution is 2.20. The van der Waals surface area contributed by atoms with E-state index >= 15 is 0 Å². The minimum absolute atomic E-state index is 0.0601. The molecule has 0 aliphatic heterocycles. The van der Waals surface area contributed by atoms with Crippen LogP contribution < -0.4 is 0 Å². The third-order valence-corrected chi connectivity index (χ3v) is 17.9. The van der Waals surface area contributed by atoms with Crippen LogP contribution in [0.1, 0.15) is 451 Å². The summed E-state index contributed by atoms with van der Waals surface area (Å²) in [6, 6.07) is 0. The van der Waals surface area contributed by atoms with Crippen molar-refractivity contribution in [2.45, 2.75) is 457 Å². The summed E-state index contributed by atoms with van der Waals surface area (Å²) in [7, 11) is 0. The molecule has 0 bridgehead atoms. The maximum Gasteiger partial charge on any atom is 0.306 e. The molecule has 0 saturated carbocycles. The van der Waals surface area contributed by atoms with Crippen LogP contribution in [-0.2, 0) is 28.6 Å². The number of ether oxygens (including phenoxy) is 3. The van der Waals surface area contributed by atoms with Crippen molar-refractivity contribution < 1.29 is 28.6 Å². The third-order valence-electron chi connectivity index (χ3n) is 17.9. The highest BCUT2D eigenvalue weighted by atomic mass is 16.6. The average Bonchev–Trinajstić information content (AvgIpc) is 3.48. The van der Waals surface area contributed by atoms with Crippen LogP contribution in [0.25, 0.3) is 0 Å². The lowest BCUT2D eigenvalue weighted by Gasteiger charge is -2.18. The van der Waals surface area contributed by atoms with Gasteiger partial charge in [-0.15, -0.1) is 0 Å². The highest BCUT2D eigenvalue weighted by Gasteiger charge is 2.20. The van der Waals surface area contributed by atoms with E-state index in [-0.39, 0.29) is 31.1 Å². The molecule has 0 aromatic heterocycles. The van der Waals surface area contributed by atoms with Crippen LogP contribution in [-0.4, -0.2) is 37.2 Å². The van der Waals surface area contributed by atoms with E-state index in [0.29, 0.717) is 19.3 Å². The van der Waals surface area contributed by atoms with E-state index in [4.69, 9.17) is 14.2 Å². The van der Waals surface area contributed by atoms with Gasteiger partial charge in [-0.05, 0) is 19.3 Å². The van der Waals surface area contributed by atoms with Crippen LogP contribution in [0.15, 0.2) is 0 Å². The van der Waals surface area contributed by atoms with Crippen LogP contribution >= 0.6 is 0 Å². The molecule has 0 N–H and O–H groups in total. The predicted octanol–water partition coefficient (Wildman–Crippen LogP) is 26.2. The van der Waals surface area contributed by atoms with Gasteiger partial charge in [-0.25, -0.2) is 0 Å². The first-order valence-electron chi connectivity index (χ1n) is 38.0. The van der Waals surface area contributed by atoms with Crippen molar-refractivity contribution in [3.8, 4) is 0 Å². The fourth-order valence-electron chi connectivity index (χ4n) is 12.2. The number of esters is 3. The summed E-state index contributed by atoms with van der Waals surface area (Å²) >= 11 is 0. The predicted molar refractivity (Wildman–Crippen MR) is 358 cm³/mol. The van der Waals surface area contributed by atoms with Crippen molar-refractivity contribution >= 4 is 17.9 Å². The second-order valence-electron chi connectivity index (χ2n) is 26.3. The molecule has 1 unspecified atom stereocenters. The number of unbranched alkanes of at least 4 members (excludes halogenated alkanes) is 61. The fraction of sp³-hybridized carbons (Fsp3) is 0.961. The van der Waals surface area contributed by atoms with Crippen molar-refractivity contribution in [3.63, 3.8) is 0 Å². The molecule has 0 aromatic carbocycles. The van der Waals surface area contributed by atoms with E-state index in [2.05, 4.69) is 20.8 Å². The first kappa shape index (κ1) is 80.4. The molecule has 6 nitrogen and oxygen atoms in total.